The number of rotatable bonds is 4. The third-order valence-electron chi connectivity index (χ3n) is 3.31. The normalized spacial score (nSPS) is 17.4. The number of carbonyl (C=O) groups is 2. The quantitative estimate of drug-likeness (QED) is 0.870. The summed E-state index contributed by atoms with van der Waals surface area (Å²) in [4.78, 5) is 31.7. The number of amidine groups is 1. The van der Waals surface area contributed by atoms with E-state index in [0.29, 0.717) is 22.7 Å². The average Bonchev–Trinajstić information content (AvgIpc) is 2.85. The average molecular weight is 311 g/mol. The predicted molar refractivity (Wildman–Crippen MR) is 85.8 cm³/mol. The summed E-state index contributed by atoms with van der Waals surface area (Å²) in [5, 5.41) is 0.00490. The van der Waals surface area contributed by atoms with E-state index in [-0.39, 0.29) is 16.9 Å². The zero-order chi connectivity index (χ0) is 15.5. The third kappa shape index (κ3) is 3.07. The largest absolute Gasteiger partial charge is 0.378 e. The highest BCUT2D eigenvalue weighted by Crippen LogP contribution is 2.24. The molecular weight excluding hydrogens is 298 g/mol. The van der Waals surface area contributed by atoms with Crippen LogP contribution in [0.15, 0.2) is 53.8 Å². The fraction of sp³-hybridized carbons (Fsp3) is 0.125. The molecule has 0 fully saturated rings. The Balaban J connectivity index is 1.79. The molecule has 0 saturated heterocycles. The standard InChI is InChI=1S/C16H13N3O2S/c17-16-19-15(21)13(22-16)9-10-2-1-3-12(8-10)14(20)11-4-6-18-7-5-11/h1-8,13H,9H2,(H2,17,19,21). The van der Waals surface area contributed by atoms with Crippen molar-refractivity contribution in [1.29, 1.82) is 0 Å². The first-order chi connectivity index (χ1) is 10.6. The van der Waals surface area contributed by atoms with Crippen LogP contribution in [-0.2, 0) is 11.2 Å². The maximum Gasteiger partial charge on any atom is 0.261 e. The maximum absolute atomic E-state index is 12.4. The molecule has 5 nitrogen and oxygen atoms in total. The lowest BCUT2D eigenvalue weighted by Gasteiger charge is -2.08. The smallest absolute Gasteiger partial charge is 0.261 e. The molecule has 22 heavy (non-hydrogen) atoms. The van der Waals surface area contributed by atoms with E-state index in [0.717, 1.165) is 5.56 Å². The van der Waals surface area contributed by atoms with Gasteiger partial charge in [0, 0.05) is 23.5 Å². The van der Waals surface area contributed by atoms with E-state index >= 15 is 0 Å². The number of carbonyl (C=O) groups excluding carboxylic acids is 2. The van der Waals surface area contributed by atoms with Gasteiger partial charge in [-0.05, 0) is 30.2 Å². The highest BCUT2D eigenvalue weighted by atomic mass is 32.2. The van der Waals surface area contributed by atoms with Gasteiger partial charge in [-0.2, -0.15) is 4.99 Å². The molecule has 6 heteroatoms. The predicted octanol–water partition coefficient (Wildman–Crippen LogP) is 1.81. The number of aliphatic imine (C=N–C) groups is 1. The van der Waals surface area contributed by atoms with Crippen LogP contribution in [0.2, 0.25) is 0 Å². The van der Waals surface area contributed by atoms with Gasteiger partial charge in [0.25, 0.3) is 5.91 Å². The highest BCUT2D eigenvalue weighted by molar-refractivity contribution is 8.15. The SMILES string of the molecule is NC1=NC(=O)C(Cc2cccc(C(=O)c3ccncc3)c2)S1. The molecule has 2 aromatic rings. The number of hydrogen-bond acceptors (Lipinski definition) is 5. The van der Waals surface area contributed by atoms with Crippen molar-refractivity contribution >= 4 is 28.6 Å². The molecule has 1 aliphatic heterocycles. The third-order valence-corrected chi connectivity index (χ3v) is 4.30. The lowest BCUT2D eigenvalue weighted by atomic mass is 10.00. The van der Waals surface area contributed by atoms with Crippen molar-refractivity contribution in [2.45, 2.75) is 11.7 Å². The van der Waals surface area contributed by atoms with Gasteiger partial charge in [-0.1, -0.05) is 30.0 Å². The van der Waals surface area contributed by atoms with Crippen molar-refractivity contribution in [3.63, 3.8) is 0 Å². The summed E-state index contributed by atoms with van der Waals surface area (Å²) in [6, 6.07) is 10.6. The van der Waals surface area contributed by atoms with Gasteiger partial charge in [-0.15, -0.1) is 0 Å². The Morgan fingerprint density at radius 1 is 1.18 bits per heavy atom. The molecule has 2 heterocycles. The van der Waals surface area contributed by atoms with Crippen molar-refractivity contribution in [3.8, 4) is 0 Å². The lowest BCUT2D eigenvalue weighted by Crippen LogP contribution is -2.14. The van der Waals surface area contributed by atoms with E-state index in [2.05, 4.69) is 9.98 Å². The second-order valence-corrected chi connectivity index (χ2v) is 6.09. The van der Waals surface area contributed by atoms with Crippen LogP contribution in [0.1, 0.15) is 21.5 Å². The number of ketones is 1. The van der Waals surface area contributed by atoms with Gasteiger partial charge >= 0.3 is 0 Å². The molecule has 1 amide bonds. The van der Waals surface area contributed by atoms with E-state index in [9.17, 15) is 9.59 Å². The maximum atomic E-state index is 12.4. The summed E-state index contributed by atoms with van der Waals surface area (Å²) in [5.74, 6) is -0.279. The van der Waals surface area contributed by atoms with Gasteiger partial charge in [0.1, 0.15) is 0 Å². The number of thioether (sulfide) groups is 1. The van der Waals surface area contributed by atoms with E-state index < -0.39 is 0 Å². The molecule has 1 aromatic carbocycles. The van der Waals surface area contributed by atoms with Gasteiger partial charge in [0.05, 0.1) is 5.25 Å². The summed E-state index contributed by atoms with van der Waals surface area (Å²) in [5.41, 5.74) is 7.65. The molecular formula is C16H13N3O2S. The van der Waals surface area contributed by atoms with Gasteiger partial charge in [-0.25, -0.2) is 0 Å². The van der Waals surface area contributed by atoms with Gasteiger partial charge in [0.15, 0.2) is 11.0 Å². The zero-order valence-electron chi connectivity index (χ0n) is 11.6. The first-order valence-electron chi connectivity index (χ1n) is 6.72. The van der Waals surface area contributed by atoms with Crippen LogP contribution in [0.3, 0.4) is 0 Å². The van der Waals surface area contributed by atoms with Gasteiger partial charge in [0.2, 0.25) is 0 Å². The molecule has 110 valence electrons. The van der Waals surface area contributed by atoms with Crippen LogP contribution >= 0.6 is 11.8 Å². The number of hydrogen-bond donors (Lipinski definition) is 1. The molecule has 3 rings (SSSR count). The number of pyridine rings is 1. The molecule has 0 aliphatic carbocycles. The molecule has 1 atom stereocenters. The molecule has 0 radical (unpaired) electrons. The van der Waals surface area contributed by atoms with Crippen molar-refractivity contribution < 1.29 is 9.59 Å². The Bertz CT molecular complexity index is 759. The van der Waals surface area contributed by atoms with Crippen molar-refractivity contribution in [2.24, 2.45) is 10.7 Å². The second-order valence-electron chi connectivity index (χ2n) is 4.86. The number of nitrogens with zero attached hydrogens (tertiary/aromatic N) is 2. The second kappa shape index (κ2) is 6.11. The van der Waals surface area contributed by atoms with Crippen LogP contribution in [0.25, 0.3) is 0 Å². The summed E-state index contributed by atoms with van der Waals surface area (Å²) in [6.07, 6.45) is 3.68. The van der Waals surface area contributed by atoms with Crippen LogP contribution in [-0.4, -0.2) is 27.1 Å². The molecule has 0 saturated carbocycles. The first kappa shape index (κ1) is 14.5. The lowest BCUT2D eigenvalue weighted by molar-refractivity contribution is -0.117. The Hall–Kier alpha value is -2.47. The minimum absolute atomic E-state index is 0.0644. The van der Waals surface area contributed by atoms with E-state index in [1.54, 1.807) is 30.6 Å². The molecule has 0 spiro atoms. The summed E-state index contributed by atoms with van der Waals surface area (Å²) < 4.78 is 0. The van der Waals surface area contributed by atoms with Crippen molar-refractivity contribution in [2.75, 3.05) is 0 Å². The Morgan fingerprint density at radius 2 is 1.95 bits per heavy atom. The van der Waals surface area contributed by atoms with Crippen molar-refractivity contribution in [3.05, 3.63) is 65.5 Å². The fourth-order valence-electron chi connectivity index (χ4n) is 2.26. The van der Waals surface area contributed by atoms with Crippen LogP contribution in [0.4, 0.5) is 0 Å². The minimum Gasteiger partial charge on any atom is -0.378 e. The molecule has 2 N–H and O–H groups in total. The molecule has 1 aliphatic rings. The van der Waals surface area contributed by atoms with E-state index in [1.165, 1.54) is 11.8 Å². The molecule has 1 aromatic heterocycles. The zero-order valence-corrected chi connectivity index (χ0v) is 12.4. The summed E-state index contributed by atoms with van der Waals surface area (Å²) in [7, 11) is 0. The number of amides is 1. The van der Waals surface area contributed by atoms with E-state index in [1.807, 2.05) is 18.2 Å². The summed E-state index contributed by atoms with van der Waals surface area (Å²) >= 11 is 1.26. The van der Waals surface area contributed by atoms with Crippen LogP contribution < -0.4 is 5.73 Å². The monoisotopic (exact) mass is 311 g/mol. The fourth-order valence-corrected chi connectivity index (χ4v) is 3.12. The van der Waals surface area contributed by atoms with Crippen LogP contribution in [0, 0.1) is 0 Å². The Labute approximate surface area is 131 Å². The number of nitrogens with two attached hydrogens (primary N) is 1. The Kier molecular flexibility index (Phi) is 4.02. The topological polar surface area (TPSA) is 85.4 Å². The number of aromatic nitrogens is 1. The number of benzene rings is 1. The van der Waals surface area contributed by atoms with Crippen molar-refractivity contribution in [1.82, 2.24) is 4.98 Å². The first-order valence-corrected chi connectivity index (χ1v) is 7.60. The summed E-state index contributed by atoms with van der Waals surface area (Å²) in [6.45, 7) is 0. The van der Waals surface area contributed by atoms with E-state index in [4.69, 9.17) is 5.73 Å². The highest BCUT2D eigenvalue weighted by Gasteiger charge is 2.27. The Morgan fingerprint density at radius 3 is 2.64 bits per heavy atom. The van der Waals surface area contributed by atoms with Crippen LogP contribution in [0.5, 0.6) is 0 Å². The molecule has 1 unspecified atom stereocenters. The minimum atomic E-state index is -0.300. The van der Waals surface area contributed by atoms with Gasteiger partial charge < -0.3 is 5.73 Å². The van der Waals surface area contributed by atoms with Gasteiger partial charge in [-0.3, -0.25) is 14.6 Å². The molecule has 0 bridgehead atoms.